The standard InChI is InChI=1S/C18H20FN5O2/c1-24(26-2)18(25)15(12-22-16-5-3-4-10-21-16)17(20)23-11-13-6-8-14(19)9-7-13/h3-10,12H,11H2,1-2H3,(H2,20,23)(H,21,22)/b15-12+. The van der Waals surface area contributed by atoms with Crippen molar-refractivity contribution < 1.29 is 14.0 Å². The Labute approximate surface area is 151 Å². The van der Waals surface area contributed by atoms with E-state index in [0.717, 1.165) is 10.6 Å². The fourth-order valence-corrected chi connectivity index (χ4v) is 1.94. The molecule has 0 aliphatic carbocycles. The van der Waals surface area contributed by atoms with Gasteiger partial charge in [0.2, 0.25) is 0 Å². The van der Waals surface area contributed by atoms with Gasteiger partial charge in [0.25, 0.3) is 5.91 Å². The molecule has 0 spiro atoms. The van der Waals surface area contributed by atoms with E-state index < -0.39 is 5.91 Å². The molecule has 0 saturated heterocycles. The molecule has 0 aliphatic heterocycles. The highest BCUT2D eigenvalue weighted by molar-refractivity contribution is 6.19. The van der Waals surface area contributed by atoms with Gasteiger partial charge in [-0.25, -0.2) is 14.4 Å². The van der Waals surface area contributed by atoms with Crippen LogP contribution in [0.2, 0.25) is 0 Å². The second-order valence-electron chi connectivity index (χ2n) is 5.23. The van der Waals surface area contributed by atoms with E-state index >= 15 is 0 Å². The summed E-state index contributed by atoms with van der Waals surface area (Å²) < 4.78 is 13.0. The molecule has 2 aromatic rings. The summed E-state index contributed by atoms with van der Waals surface area (Å²) in [6.07, 6.45) is 3.04. The first kappa shape index (κ1) is 19.1. The maximum atomic E-state index is 13.0. The third kappa shape index (κ3) is 5.38. The number of carbonyl (C=O) groups is 1. The van der Waals surface area contributed by atoms with Crippen LogP contribution < -0.4 is 11.1 Å². The molecule has 136 valence electrons. The molecule has 7 nitrogen and oxygen atoms in total. The highest BCUT2D eigenvalue weighted by Crippen LogP contribution is 2.08. The van der Waals surface area contributed by atoms with Crippen LogP contribution in [0.3, 0.4) is 0 Å². The van der Waals surface area contributed by atoms with Gasteiger partial charge in [-0.05, 0) is 29.8 Å². The Kier molecular flexibility index (Phi) is 6.81. The smallest absolute Gasteiger partial charge is 0.282 e. The Morgan fingerprint density at radius 2 is 2.08 bits per heavy atom. The SMILES string of the molecule is CON(C)C(=O)/C(=C/Nc1ccccn1)C(N)=NCc1ccc(F)cc1. The van der Waals surface area contributed by atoms with Gasteiger partial charge in [0, 0.05) is 19.4 Å². The second-order valence-corrected chi connectivity index (χ2v) is 5.23. The van der Waals surface area contributed by atoms with Crippen LogP contribution in [0.15, 0.2) is 65.4 Å². The van der Waals surface area contributed by atoms with E-state index in [0.29, 0.717) is 5.82 Å². The minimum absolute atomic E-state index is 0.0201. The van der Waals surface area contributed by atoms with Gasteiger partial charge in [0.1, 0.15) is 17.5 Å². The average Bonchev–Trinajstić information content (AvgIpc) is 2.67. The highest BCUT2D eigenvalue weighted by atomic mass is 19.1. The van der Waals surface area contributed by atoms with Crippen molar-refractivity contribution in [1.29, 1.82) is 0 Å². The summed E-state index contributed by atoms with van der Waals surface area (Å²) in [6.45, 7) is 0.205. The monoisotopic (exact) mass is 357 g/mol. The molecular weight excluding hydrogens is 337 g/mol. The Bertz CT molecular complexity index is 791. The number of hydrogen-bond acceptors (Lipinski definition) is 5. The minimum Gasteiger partial charge on any atom is -0.383 e. The summed E-state index contributed by atoms with van der Waals surface area (Å²) in [4.78, 5) is 25.7. The molecule has 0 atom stereocenters. The Balaban J connectivity index is 2.22. The summed E-state index contributed by atoms with van der Waals surface area (Å²) in [5.41, 5.74) is 6.87. The zero-order chi connectivity index (χ0) is 18.9. The van der Waals surface area contributed by atoms with E-state index in [4.69, 9.17) is 10.6 Å². The van der Waals surface area contributed by atoms with Gasteiger partial charge in [0.15, 0.2) is 0 Å². The molecule has 0 radical (unpaired) electrons. The van der Waals surface area contributed by atoms with Crippen molar-refractivity contribution in [2.24, 2.45) is 10.7 Å². The van der Waals surface area contributed by atoms with E-state index in [1.165, 1.54) is 32.5 Å². The lowest BCUT2D eigenvalue weighted by Crippen LogP contribution is -2.33. The number of hydrogen-bond donors (Lipinski definition) is 2. The first-order valence-electron chi connectivity index (χ1n) is 7.76. The quantitative estimate of drug-likeness (QED) is 0.343. The molecule has 0 unspecified atom stereocenters. The van der Waals surface area contributed by atoms with E-state index in [2.05, 4.69) is 15.3 Å². The summed E-state index contributed by atoms with van der Waals surface area (Å²) in [6, 6.07) is 11.2. The molecule has 0 saturated carbocycles. The number of nitrogens with two attached hydrogens (primary N) is 1. The third-order valence-electron chi connectivity index (χ3n) is 3.44. The molecule has 1 heterocycles. The summed E-state index contributed by atoms with van der Waals surface area (Å²) >= 11 is 0. The summed E-state index contributed by atoms with van der Waals surface area (Å²) in [5, 5.41) is 3.94. The zero-order valence-corrected chi connectivity index (χ0v) is 14.5. The largest absolute Gasteiger partial charge is 0.383 e. The van der Waals surface area contributed by atoms with Gasteiger partial charge >= 0.3 is 0 Å². The number of halogens is 1. The van der Waals surface area contributed by atoms with Crippen molar-refractivity contribution in [1.82, 2.24) is 10.0 Å². The van der Waals surface area contributed by atoms with Crippen LogP contribution in [0.4, 0.5) is 10.2 Å². The molecule has 2 rings (SSSR count). The van der Waals surface area contributed by atoms with E-state index in [1.54, 1.807) is 36.5 Å². The number of aliphatic imine (C=N–C) groups is 1. The topological polar surface area (TPSA) is 92.8 Å². The van der Waals surface area contributed by atoms with E-state index in [9.17, 15) is 9.18 Å². The van der Waals surface area contributed by atoms with Crippen molar-refractivity contribution in [3.8, 4) is 0 Å². The van der Waals surface area contributed by atoms with Crippen LogP contribution in [-0.2, 0) is 16.2 Å². The van der Waals surface area contributed by atoms with Crippen molar-refractivity contribution >= 4 is 17.6 Å². The van der Waals surface area contributed by atoms with Crippen LogP contribution >= 0.6 is 0 Å². The van der Waals surface area contributed by atoms with Crippen molar-refractivity contribution in [2.45, 2.75) is 6.54 Å². The summed E-state index contributed by atoms with van der Waals surface area (Å²) in [7, 11) is 2.83. The number of benzene rings is 1. The van der Waals surface area contributed by atoms with Gasteiger partial charge in [0.05, 0.1) is 19.2 Å². The molecule has 1 aromatic carbocycles. The molecule has 1 amide bonds. The Morgan fingerprint density at radius 1 is 1.35 bits per heavy atom. The van der Waals surface area contributed by atoms with Crippen LogP contribution in [0.1, 0.15) is 5.56 Å². The van der Waals surface area contributed by atoms with Gasteiger partial charge in [-0.3, -0.25) is 14.6 Å². The third-order valence-corrected chi connectivity index (χ3v) is 3.44. The van der Waals surface area contributed by atoms with Gasteiger partial charge < -0.3 is 11.1 Å². The number of rotatable bonds is 7. The molecule has 0 fully saturated rings. The lowest BCUT2D eigenvalue weighted by atomic mass is 10.2. The Morgan fingerprint density at radius 3 is 2.69 bits per heavy atom. The van der Waals surface area contributed by atoms with Crippen LogP contribution in [0.25, 0.3) is 0 Å². The lowest BCUT2D eigenvalue weighted by Gasteiger charge is -2.16. The molecule has 1 aromatic heterocycles. The number of nitrogens with zero attached hydrogens (tertiary/aromatic N) is 3. The number of anilines is 1. The average molecular weight is 357 g/mol. The predicted molar refractivity (Wildman–Crippen MR) is 97.4 cm³/mol. The second kappa shape index (κ2) is 9.28. The number of aromatic nitrogens is 1. The first-order valence-corrected chi connectivity index (χ1v) is 7.76. The number of hydroxylamine groups is 2. The normalized spacial score (nSPS) is 12.0. The van der Waals surface area contributed by atoms with Gasteiger partial charge in [-0.15, -0.1) is 0 Å². The molecule has 0 bridgehead atoms. The fraction of sp³-hybridized carbons (Fsp3) is 0.167. The fourth-order valence-electron chi connectivity index (χ4n) is 1.94. The molecule has 8 heteroatoms. The predicted octanol–water partition coefficient (Wildman–Crippen LogP) is 2.09. The number of carbonyl (C=O) groups excluding carboxylic acids is 1. The van der Waals surface area contributed by atoms with Gasteiger partial charge in [-0.2, -0.15) is 0 Å². The first-order chi connectivity index (χ1) is 12.5. The minimum atomic E-state index is -0.476. The molecule has 3 N–H and O–H groups in total. The van der Waals surface area contributed by atoms with Crippen molar-refractivity contribution in [3.63, 3.8) is 0 Å². The highest BCUT2D eigenvalue weighted by Gasteiger charge is 2.18. The maximum Gasteiger partial charge on any atom is 0.282 e. The van der Waals surface area contributed by atoms with E-state index in [-0.39, 0.29) is 23.8 Å². The zero-order valence-electron chi connectivity index (χ0n) is 14.5. The molecule has 0 aliphatic rings. The maximum absolute atomic E-state index is 13.0. The number of amidine groups is 1. The summed E-state index contributed by atoms with van der Waals surface area (Å²) in [5.74, 6) is -0.241. The van der Waals surface area contributed by atoms with E-state index in [1.807, 2.05) is 0 Å². The molecular formula is C18H20FN5O2. The van der Waals surface area contributed by atoms with Crippen LogP contribution in [-0.4, -0.2) is 35.9 Å². The number of pyridine rings is 1. The molecule has 26 heavy (non-hydrogen) atoms. The van der Waals surface area contributed by atoms with Gasteiger partial charge in [-0.1, -0.05) is 18.2 Å². The van der Waals surface area contributed by atoms with Crippen molar-refractivity contribution in [3.05, 3.63) is 71.8 Å². The number of likely N-dealkylation sites (N-methyl/N-ethyl adjacent to an activating group) is 1. The number of amides is 1. The van der Waals surface area contributed by atoms with Crippen LogP contribution in [0, 0.1) is 5.82 Å². The lowest BCUT2D eigenvalue weighted by molar-refractivity contribution is -0.163. The van der Waals surface area contributed by atoms with Crippen LogP contribution in [0.5, 0.6) is 0 Å². The Hall–Kier alpha value is -3.26. The van der Waals surface area contributed by atoms with Crippen molar-refractivity contribution in [2.75, 3.05) is 19.5 Å². The number of nitrogens with one attached hydrogen (secondary N) is 1.